The van der Waals surface area contributed by atoms with Crippen LogP contribution in [0.4, 0.5) is 13.2 Å². The standard InChI is InChI=1S/2C10H15N3O.C2HF3O2.Eu/c2*1-13(2)8-7-12-10(14)9-5-3-4-6-11-9;3-2(4,5)1(6)7;/h2*3-6H,7-8H2,1-2H3,(H,12,14);(H,6,7);/q;;;+2/p-1. The number of carboxylic acid groups (broad SMARTS) is 1. The molecule has 0 aromatic carbocycles. The van der Waals surface area contributed by atoms with E-state index in [0.717, 1.165) is 13.1 Å². The zero-order valence-electron chi connectivity index (χ0n) is 20.4. The summed E-state index contributed by atoms with van der Waals surface area (Å²) in [6, 6.07) is 10.5. The fourth-order valence-corrected chi connectivity index (χ4v) is 1.90. The maximum atomic E-state index is 11.4. The Bertz CT molecular complexity index is 827. The molecule has 36 heavy (non-hydrogen) atoms. The van der Waals surface area contributed by atoms with Gasteiger partial charge in [0.15, 0.2) is 0 Å². The molecule has 1 radical (unpaired) electrons. The number of likely N-dealkylation sites (N-methyl/N-ethyl adjacent to an activating group) is 2. The van der Waals surface area contributed by atoms with Crippen LogP contribution >= 0.6 is 0 Å². The predicted molar refractivity (Wildman–Crippen MR) is 124 cm³/mol. The van der Waals surface area contributed by atoms with Crippen molar-refractivity contribution >= 4 is 17.8 Å². The Balaban J connectivity index is 0. The van der Waals surface area contributed by atoms with Gasteiger partial charge >= 0.3 is 61.5 Å². The van der Waals surface area contributed by atoms with E-state index in [0.29, 0.717) is 24.5 Å². The minimum atomic E-state index is -5.08. The van der Waals surface area contributed by atoms with E-state index >= 15 is 0 Å². The minimum absolute atomic E-state index is 0. The first-order valence-electron chi connectivity index (χ1n) is 10.3. The third-order valence-corrected chi connectivity index (χ3v) is 3.67. The van der Waals surface area contributed by atoms with Crippen molar-refractivity contribution in [1.82, 2.24) is 25.1 Å². The van der Waals surface area contributed by atoms with E-state index in [2.05, 4.69) is 20.6 Å². The summed E-state index contributed by atoms with van der Waals surface area (Å²) in [6.07, 6.45) is -1.88. The summed E-state index contributed by atoms with van der Waals surface area (Å²) in [5.41, 5.74) is 0.873. The Kier molecular flexibility index (Phi) is 20.2. The molecule has 0 aliphatic heterocycles. The first-order valence-corrected chi connectivity index (χ1v) is 10.3. The van der Waals surface area contributed by atoms with Crippen molar-refractivity contribution in [1.29, 1.82) is 0 Å². The Morgan fingerprint density at radius 1 is 0.917 bits per heavy atom. The molecule has 10 nitrogen and oxygen atoms in total. The molecule has 0 bridgehead atoms. The fourth-order valence-electron chi connectivity index (χ4n) is 1.90. The number of aliphatic carboxylic acids is 1. The average Bonchev–Trinajstić information content (AvgIpc) is 2.80. The van der Waals surface area contributed by atoms with Crippen LogP contribution in [0.15, 0.2) is 48.8 Å². The van der Waals surface area contributed by atoms with E-state index < -0.39 is 12.1 Å². The van der Waals surface area contributed by atoms with Gasteiger partial charge in [0.25, 0.3) is 5.91 Å². The van der Waals surface area contributed by atoms with Crippen LogP contribution in [0.1, 0.15) is 21.0 Å². The number of nitrogens with zero attached hydrogens (tertiary/aromatic N) is 5. The summed E-state index contributed by atoms with van der Waals surface area (Å²) >= 11 is 0. The number of halogens is 3. The van der Waals surface area contributed by atoms with Crippen molar-refractivity contribution in [3.63, 3.8) is 0 Å². The van der Waals surface area contributed by atoms with Gasteiger partial charge in [0.05, 0.1) is 5.69 Å². The predicted octanol–water partition coefficient (Wildman–Crippen LogP) is 2.16. The topological polar surface area (TPSA) is 130 Å². The largest absolute Gasteiger partial charge is 2.00 e. The molecular formula is C22H30EuF3N6O4+. The quantitative estimate of drug-likeness (QED) is 0.445. The van der Waals surface area contributed by atoms with E-state index in [1.54, 1.807) is 48.8 Å². The summed E-state index contributed by atoms with van der Waals surface area (Å²) in [7, 11) is 7.82. The second kappa shape index (κ2) is 20.1. The van der Waals surface area contributed by atoms with Gasteiger partial charge in [-0.2, -0.15) is 13.2 Å². The maximum Gasteiger partial charge on any atom is 2.00 e. The van der Waals surface area contributed by atoms with Crippen molar-refractivity contribution in [2.24, 2.45) is 0 Å². The Hall–Kier alpha value is -2.00. The second-order valence-electron chi connectivity index (χ2n) is 7.28. The van der Waals surface area contributed by atoms with Gasteiger partial charge in [-0.05, 0) is 59.0 Å². The first kappa shape index (κ1) is 36.2. The summed E-state index contributed by atoms with van der Waals surface area (Å²) < 4.78 is 31.7. The van der Waals surface area contributed by atoms with Gasteiger partial charge in [-0.3, -0.25) is 14.8 Å². The SMILES string of the molecule is CN(C)CCNC(=O)c1ccccn1.CN(C)CC[N-]C(=O)c1ccccn1.O=C(O)C(F)(F)F.[Eu+2]. The van der Waals surface area contributed by atoms with Crippen LogP contribution in [0.2, 0.25) is 0 Å². The van der Waals surface area contributed by atoms with Gasteiger partial charge < -0.3 is 30.3 Å². The van der Waals surface area contributed by atoms with Crippen LogP contribution < -0.4 is 5.32 Å². The van der Waals surface area contributed by atoms with Crippen LogP contribution in [-0.2, 0) is 4.79 Å². The Morgan fingerprint density at radius 3 is 1.78 bits per heavy atom. The number of rotatable bonds is 8. The van der Waals surface area contributed by atoms with Crippen molar-refractivity contribution in [3.05, 3.63) is 65.5 Å². The number of carbonyl (C=O) groups excluding carboxylic acids is 2. The zero-order valence-corrected chi connectivity index (χ0v) is 22.8. The number of nitrogens with one attached hydrogen (secondary N) is 1. The van der Waals surface area contributed by atoms with Crippen molar-refractivity contribution in [2.45, 2.75) is 6.18 Å². The molecule has 0 spiro atoms. The molecule has 2 N–H and O–H groups in total. The molecule has 2 aromatic heterocycles. The second-order valence-corrected chi connectivity index (χ2v) is 7.28. The molecule has 199 valence electrons. The van der Waals surface area contributed by atoms with Crippen LogP contribution in [0.25, 0.3) is 5.32 Å². The van der Waals surface area contributed by atoms with Crippen LogP contribution in [0.5, 0.6) is 0 Å². The van der Waals surface area contributed by atoms with E-state index in [-0.39, 0.29) is 61.2 Å². The molecule has 0 saturated heterocycles. The van der Waals surface area contributed by atoms with Gasteiger partial charge in [-0.15, -0.1) is 6.54 Å². The molecule has 0 saturated carbocycles. The van der Waals surface area contributed by atoms with Crippen molar-refractivity contribution in [2.75, 3.05) is 54.4 Å². The summed E-state index contributed by atoms with van der Waals surface area (Å²) in [5, 5.41) is 13.8. The van der Waals surface area contributed by atoms with Crippen molar-refractivity contribution in [3.8, 4) is 0 Å². The van der Waals surface area contributed by atoms with E-state index in [4.69, 9.17) is 9.90 Å². The fraction of sp³-hybridized carbons (Fsp3) is 0.409. The van der Waals surface area contributed by atoms with Crippen LogP contribution in [0.3, 0.4) is 0 Å². The van der Waals surface area contributed by atoms with Gasteiger partial charge in [-0.25, -0.2) is 4.79 Å². The normalized spacial score (nSPS) is 10.1. The number of hydrogen-bond acceptors (Lipinski definition) is 7. The molecule has 2 rings (SSSR count). The van der Waals surface area contributed by atoms with E-state index in [9.17, 15) is 22.8 Å². The first-order chi connectivity index (χ1) is 16.3. The van der Waals surface area contributed by atoms with E-state index in [1.807, 2.05) is 38.0 Å². The number of alkyl halides is 3. The Morgan fingerprint density at radius 2 is 1.39 bits per heavy atom. The summed E-state index contributed by atoms with van der Waals surface area (Å²) in [6.45, 7) is 2.77. The molecule has 0 fully saturated rings. The molecule has 2 heterocycles. The molecule has 0 aliphatic rings. The number of aromatic nitrogens is 2. The third kappa shape index (κ3) is 19.2. The summed E-state index contributed by atoms with van der Waals surface area (Å²) in [4.78, 5) is 43.6. The zero-order chi connectivity index (χ0) is 26.9. The average molecular weight is 651 g/mol. The minimum Gasteiger partial charge on any atom is -0.647 e. The van der Waals surface area contributed by atoms with Crippen molar-refractivity contribution < 1.29 is 82.0 Å². The maximum absolute atomic E-state index is 11.4. The van der Waals surface area contributed by atoms with Gasteiger partial charge in [0.1, 0.15) is 11.6 Å². The van der Waals surface area contributed by atoms with E-state index in [1.165, 1.54) is 0 Å². The smallest absolute Gasteiger partial charge is 0.647 e. The number of carbonyl (C=O) groups is 3. The Labute approximate surface area is 249 Å². The molecule has 0 atom stereocenters. The molecular weight excluding hydrogens is 621 g/mol. The molecule has 2 aromatic rings. The monoisotopic (exact) mass is 652 g/mol. The molecule has 0 aliphatic carbocycles. The molecule has 0 unspecified atom stereocenters. The number of hydrogen-bond donors (Lipinski definition) is 2. The number of amides is 2. The number of pyridine rings is 2. The molecule has 2 amide bonds. The van der Waals surface area contributed by atoms with Gasteiger partial charge in [-0.1, -0.05) is 12.1 Å². The van der Waals surface area contributed by atoms with Gasteiger partial charge in [0.2, 0.25) is 0 Å². The van der Waals surface area contributed by atoms with Crippen LogP contribution in [-0.4, -0.2) is 103 Å². The number of carboxylic acids is 1. The molecule has 14 heteroatoms. The summed E-state index contributed by atoms with van der Waals surface area (Å²) in [5.74, 6) is -3.12. The van der Waals surface area contributed by atoms with Gasteiger partial charge in [0, 0.05) is 25.5 Å². The third-order valence-electron chi connectivity index (χ3n) is 3.67. The van der Waals surface area contributed by atoms with Crippen LogP contribution in [0, 0.1) is 49.4 Å².